The van der Waals surface area contributed by atoms with E-state index in [1.54, 1.807) is 6.92 Å². The third-order valence-electron chi connectivity index (χ3n) is 10.3. The smallest absolute Gasteiger partial charge is 0.296 e. The lowest BCUT2D eigenvalue weighted by molar-refractivity contribution is -0.0693. The first-order valence-electron chi connectivity index (χ1n) is 14.9. The van der Waals surface area contributed by atoms with Crippen molar-refractivity contribution >= 4 is 23.3 Å². The summed E-state index contributed by atoms with van der Waals surface area (Å²) in [6, 6.07) is 9.64. The standard InChI is InChI=1S/C30H38N6O2S/c1-17-10-11-21-15-23(16-26(17)34(21)22-13-19-6-5-7-20(12-19)14-22)35-25-9-4-3-8-24(25)31-27(29(35)38)36-30(39)32-28(37)18(2)33-36/h3-4,8-9,17,19-23,26H,5-7,10-16H2,1-2H3,(H,32,37,39)/t17-,19-,20+,21+,22+,23-,26+/m1/s1. The molecule has 2 aliphatic carbocycles. The lowest BCUT2D eigenvalue weighted by atomic mass is 9.67. The minimum atomic E-state index is -0.349. The Kier molecular flexibility index (Phi) is 6.34. The van der Waals surface area contributed by atoms with Gasteiger partial charge in [-0.2, -0.15) is 9.78 Å². The van der Waals surface area contributed by atoms with Crippen molar-refractivity contribution in [3.63, 3.8) is 0 Å². The minimum absolute atomic E-state index is 0.0827. The van der Waals surface area contributed by atoms with E-state index in [9.17, 15) is 9.59 Å². The topological polar surface area (TPSA) is 88.8 Å². The number of hydrogen-bond acceptors (Lipinski definition) is 6. The van der Waals surface area contributed by atoms with Crippen LogP contribution in [0, 0.1) is 29.4 Å². The number of aromatic nitrogens is 5. The lowest BCUT2D eigenvalue weighted by Gasteiger charge is -2.57. The Morgan fingerprint density at radius 1 is 0.923 bits per heavy atom. The number of aromatic amines is 1. The molecule has 3 aromatic rings. The van der Waals surface area contributed by atoms with E-state index >= 15 is 0 Å². The molecule has 8 nitrogen and oxygen atoms in total. The second-order valence-corrected chi connectivity index (χ2v) is 13.1. The van der Waals surface area contributed by atoms with Gasteiger partial charge in [-0.05, 0) is 94.0 Å². The van der Waals surface area contributed by atoms with Gasteiger partial charge in [-0.15, -0.1) is 0 Å². The van der Waals surface area contributed by atoms with Crippen LogP contribution in [0.15, 0.2) is 33.9 Å². The van der Waals surface area contributed by atoms with Crippen LogP contribution in [0.25, 0.3) is 16.9 Å². The van der Waals surface area contributed by atoms with E-state index in [2.05, 4.69) is 21.9 Å². The summed E-state index contributed by atoms with van der Waals surface area (Å²) >= 11 is 5.42. The maximum Gasteiger partial charge on any atom is 0.296 e. The van der Waals surface area contributed by atoms with Crippen molar-refractivity contribution in [3.8, 4) is 5.82 Å². The number of rotatable bonds is 3. The van der Waals surface area contributed by atoms with Gasteiger partial charge in [-0.25, -0.2) is 4.98 Å². The van der Waals surface area contributed by atoms with Crippen molar-refractivity contribution in [2.24, 2.45) is 17.8 Å². The molecule has 0 unspecified atom stereocenters. The second-order valence-electron chi connectivity index (χ2n) is 12.7. The summed E-state index contributed by atoms with van der Waals surface area (Å²) in [4.78, 5) is 36.6. The highest BCUT2D eigenvalue weighted by Gasteiger charge is 2.47. The predicted molar refractivity (Wildman–Crippen MR) is 154 cm³/mol. The molecule has 2 aromatic heterocycles. The molecule has 2 saturated heterocycles. The minimum Gasteiger partial charge on any atom is -0.300 e. The zero-order valence-corrected chi connectivity index (χ0v) is 23.7. The maximum atomic E-state index is 14.2. The number of para-hydroxylation sites is 2. The lowest BCUT2D eigenvalue weighted by Crippen LogP contribution is -2.61. The SMILES string of the molecule is Cc1nn(-c2nc3ccccc3n([C@@H]3C[C@@H]4CC[C@@H](C)[C@H](C3)N4[C@H]3C[C@@H]4CCC[C@@H](C4)C3)c2=O)c(=S)[nH]c1=O. The summed E-state index contributed by atoms with van der Waals surface area (Å²) in [6.45, 7) is 4.03. The van der Waals surface area contributed by atoms with Crippen molar-refractivity contribution in [1.82, 2.24) is 29.2 Å². The summed E-state index contributed by atoms with van der Waals surface area (Å²) in [5.74, 6) is 2.58. The third kappa shape index (κ3) is 4.32. The molecule has 2 aliphatic heterocycles. The van der Waals surface area contributed by atoms with Crippen LogP contribution in [-0.2, 0) is 0 Å². The Bertz CT molecular complexity index is 1580. The van der Waals surface area contributed by atoms with Crippen LogP contribution < -0.4 is 11.1 Å². The molecular formula is C30H38N6O2S. The van der Waals surface area contributed by atoms with Crippen LogP contribution in [-0.4, -0.2) is 47.3 Å². The first-order valence-corrected chi connectivity index (χ1v) is 15.3. The van der Waals surface area contributed by atoms with Crippen molar-refractivity contribution in [1.29, 1.82) is 0 Å². The highest BCUT2D eigenvalue weighted by Crippen LogP contribution is 2.48. The molecule has 0 spiro atoms. The molecule has 1 N–H and O–H groups in total. The molecule has 2 saturated carbocycles. The Morgan fingerprint density at radius 2 is 1.69 bits per heavy atom. The largest absolute Gasteiger partial charge is 0.300 e. The van der Waals surface area contributed by atoms with Crippen molar-refractivity contribution in [2.45, 2.75) is 102 Å². The predicted octanol–water partition coefficient (Wildman–Crippen LogP) is 5.08. The van der Waals surface area contributed by atoms with E-state index < -0.39 is 0 Å². The molecule has 9 heteroatoms. The summed E-state index contributed by atoms with van der Waals surface area (Å²) in [5.41, 5.74) is 1.30. The molecule has 0 radical (unpaired) electrons. The first-order chi connectivity index (χ1) is 18.9. The highest BCUT2D eigenvalue weighted by molar-refractivity contribution is 7.71. The van der Waals surface area contributed by atoms with Crippen LogP contribution >= 0.6 is 12.2 Å². The van der Waals surface area contributed by atoms with Crippen LogP contribution in [0.4, 0.5) is 0 Å². The number of fused-ring (bicyclic) bond motifs is 5. The molecule has 1 aromatic carbocycles. The fraction of sp³-hybridized carbons (Fsp3) is 0.633. The third-order valence-corrected chi connectivity index (χ3v) is 10.6. The monoisotopic (exact) mass is 546 g/mol. The average molecular weight is 547 g/mol. The van der Waals surface area contributed by atoms with Gasteiger partial charge in [-0.3, -0.25) is 19.5 Å². The van der Waals surface area contributed by atoms with Gasteiger partial charge in [0.1, 0.15) is 5.69 Å². The van der Waals surface area contributed by atoms with Gasteiger partial charge in [0.05, 0.1) is 11.0 Å². The van der Waals surface area contributed by atoms with E-state index in [1.165, 1.54) is 56.0 Å². The second kappa shape index (κ2) is 9.77. The molecule has 4 fully saturated rings. The fourth-order valence-electron chi connectivity index (χ4n) is 8.63. The van der Waals surface area contributed by atoms with Crippen LogP contribution in [0.2, 0.25) is 0 Å². The van der Waals surface area contributed by atoms with Crippen molar-refractivity contribution in [3.05, 3.63) is 55.4 Å². The summed E-state index contributed by atoms with van der Waals surface area (Å²) in [6.07, 6.45) is 12.8. The van der Waals surface area contributed by atoms with Gasteiger partial charge in [0.25, 0.3) is 11.1 Å². The van der Waals surface area contributed by atoms with Gasteiger partial charge in [-0.1, -0.05) is 38.3 Å². The van der Waals surface area contributed by atoms with Crippen molar-refractivity contribution in [2.75, 3.05) is 0 Å². The molecule has 4 bridgehead atoms. The van der Waals surface area contributed by atoms with Crippen molar-refractivity contribution < 1.29 is 0 Å². The van der Waals surface area contributed by atoms with E-state index in [4.69, 9.17) is 17.2 Å². The normalized spacial score (nSPS) is 32.8. The number of piperidine rings is 2. The van der Waals surface area contributed by atoms with Gasteiger partial charge in [0, 0.05) is 24.2 Å². The Labute approximate surface area is 233 Å². The quantitative estimate of drug-likeness (QED) is 0.461. The van der Waals surface area contributed by atoms with Gasteiger partial charge in [0.15, 0.2) is 0 Å². The van der Waals surface area contributed by atoms with Gasteiger partial charge >= 0.3 is 0 Å². The Balaban J connectivity index is 1.30. The van der Waals surface area contributed by atoms with Crippen LogP contribution in [0.1, 0.15) is 82.9 Å². The number of H-pyrrole nitrogens is 1. The maximum absolute atomic E-state index is 14.2. The molecule has 39 heavy (non-hydrogen) atoms. The van der Waals surface area contributed by atoms with E-state index in [0.717, 1.165) is 35.7 Å². The summed E-state index contributed by atoms with van der Waals surface area (Å²) in [5, 5.41) is 4.35. The molecule has 4 heterocycles. The number of nitrogens with one attached hydrogen (secondary N) is 1. The molecule has 7 rings (SSSR count). The average Bonchev–Trinajstić information content (AvgIpc) is 2.92. The molecule has 7 atom stereocenters. The number of benzene rings is 1. The number of nitrogens with zero attached hydrogens (tertiary/aromatic N) is 5. The van der Waals surface area contributed by atoms with Gasteiger partial charge in [0.2, 0.25) is 10.6 Å². The summed E-state index contributed by atoms with van der Waals surface area (Å²) in [7, 11) is 0. The Hall–Kier alpha value is -2.65. The zero-order valence-electron chi connectivity index (χ0n) is 22.9. The fourth-order valence-corrected chi connectivity index (χ4v) is 8.85. The Morgan fingerprint density at radius 3 is 2.49 bits per heavy atom. The summed E-state index contributed by atoms with van der Waals surface area (Å²) < 4.78 is 3.39. The zero-order chi connectivity index (χ0) is 26.8. The number of hydrogen-bond donors (Lipinski definition) is 1. The van der Waals surface area contributed by atoms with E-state index in [-0.39, 0.29) is 33.4 Å². The van der Waals surface area contributed by atoms with E-state index in [1.807, 2.05) is 28.8 Å². The van der Waals surface area contributed by atoms with Crippen LogP contribution in [0.3, 0.4) is 0 Å². The first kappa shape index (κ1) is 25.3. The molecular weight excluding hydrogens is 508 g/mol. The van der Waals surface area contributed by atoms with Gasteiger partial charge < -0.3 is 4.57 Å². The molecule has 206 valence electrons. The van der Waals surface area contributed by atoms with E-state index in [0.29, 0.717) is 24.0 Å². The highest BCUT2D eigenvalue weighted by atomic mass is 32.1. The molecule has 0 amide bonds. The number of aryl methyl sites for hydroxylation is 1. The molecule has 4 aliphatic rings. The van der Waals surface area contributed by atoms with Crippen LogP contribution in [0.5, 0.6) is 0 Å².